The van der Waals surface area contributed by atoms with Crippen LogP contribution >= 0.6 is 11.8 Å². The van der Waals surface area contributed by atoms with E-state index in [4.69, 9.17) is 17.2 Å². The number of benzene rings is 3. The van der Waals surface area contributed by atoms with Crippen LogP contribution in [0.2, 0.25) is 0 Å². The van der Waals surface area contributed by atoms with Crippen LogP contribution in [0.5, 0.6) is 0 Å². The Kier molecular flexibility index (Phi) is 40.0. The molecule has 21 N–H and O–H groups in total. The van der Waals surface area contributed by atoms with E-state index >= 15 is 24.0 Å². The lowest BCUT2D eigenvalue weighted by atomic mass is 9.85. The van der Waals surface area contributed by atoms with Crippen molar-refractivity contribution in [2.24, 2.45) is 35.0 Å². The third-order valence-corrected chi connectivity index (χ3v) is 24.5. The SMILES string of the molecule is CCCC[C@H]1C(=O)N(C)[C@@H](CCCC)C(=O)N[C@@H](CCCNC(N)=O)C(=O)N[C@H](C(=O)NCC(N)=O)CSCC(=O)N[C@@H](Cc2ccccc2)C(=O)C(C)[C@@H](C)C(=O)N[C@H](CC(N)=O)C(=O)N2CCC[C@H]2C(=O)N[C@@H](Cc2cnc[nH]2)C(=O)N[C@@H](CC(C)C)C(=O)N(C)CC(=O)N[C@@H](Cc2c[nH]c3ccccc23)C(=O)N[C@@H](CO)C(=O)N[C@@H](Cc2c[nH]c3ccccc23)C(=O)N1C. The summed E-state index contributed by atoms with van der Waals surface area (Å²) in [4.78, 5) is 278. The number of nitrogens with zero attached hydrogens (tertiary/aromatic N) is 5. The Balaban J connectivity index is 1.18. The zero-order valence-corrected chi connectivity index (χ0v) is 76.7. The molecule has 6 aromatic rings. The van der Waals surface area contributed by atoms with E-state index in [1.807, 2.05) is 13.8 Å². The summed E-state index contributed by atoms with van der Waals surface area (Å²) in [5.74, 6) is -19.1. The molecule has 8 rings (SSSR count). The number of likely N-dealkylation sites (N-methyl/N-ethyl adjacent to an activating group) is 3. The van der Waals surface area contributed by atoms with E-state index in [9.17, 15) is 67.4 Å². The number of aliphatic hydroxyl groups excluding tert-OH is 1. The third-order valence-electron chi connectivity index (χ3n) is 23.5. The topological polar surface area (TPSA) is 611 Å². The van der Waals surface area contributed by atoms with E-state index in [-0.39, 0.29) is 89.6 Å². The van der Waals surface area contributed by atoms with Gasteiger partial charge in [-0.2, -0.15) is 0 Å². The predicted octanol–water partition coefficient (Wildman–Crippen LogP) is -0.958. The van der Waals surface area contributed by atoms with Crippen LogP contribution in [0.3, 0.4) is 0 Å². The Labute approximate surface area is 768 Å². The zero-order valence-electron chi connectivity index (χ0n) is 75.9. The highest BCUT2D eigenvalue weighted by atomic mass is 32.2. The van der Waals surface area contributed by atoms with Gasteiger partial charge in [0.2, 0.25) is 94.5 Å². The second kappa shape index (κ2) is 50.8. The minimum Gasteiger partial charge on any atom is -0.394 e. The largest absolute Gasteiger partial charge is 0.394 e. The highest BCUT2D eigenvalue weighted by Gasteiger charge is 2.44. The number of nitrogens with two attached hydrogens (primary N) is 3. The van der Waals surface area contributed by atoms with Crippen LogP contribution in [0.1, 0.15) is 141 Å². The Morgan fingerprint density at radius 1 is 0.530 bits per heavy atom. The molecule has 14 atom stereocenters. The number of hydrogen-bond donors (Lipinski definition) is 18. The number of unbranched alkanes of at least 4 members (excludes halogenated alkanes) is 2. The molecule has 0 aliphatic carbocycles. The predicted molar refractivity (Wildman–Crippen MR) is 488 cm³/mol. The Hall–Kier alpha value is -13.3. The fourth-order valence-electron chi connectivity index (χ4n) is 16.0. The number of ketones is 1. The fraction of sp³-hybridized carbons (Fsp3) is 0.522. The van der Waals surface area contributed by atoms with E-state index in [2.05, 4.69) is 78.4 Å². The standard InChI is InChI=1S/C90H126N22O19S/c1-10-12-30-70-84(125)102-61(29-21-33-95-90(93)131)80(121)108-69(79(120)98-44-74(92)115)47-132-48-76(117)100-62(36-53-23-15-14-16-24-53)77(118)51(5)52(6)78(119)104-67(40-73(91)114)88(129)112-34-22-32-71(112)85(126)103-64(39-56-43-94-49-99-56)82(123)105-65(35-50(3)4)86(127)109(7)45-75(116)101-63(37-54-41-96-59-27-19-17-25-57(54)59)81(122)107-68(46-113)83(124)106-66(38-55-42-97-60-28-20-18-26-58(55)60)87(128)111(9)72(31-13-11-2)89(130)110(70)8/h14-20,23-28,41-43,49-52,61-72,96-97,113H,10-13,21-22,29-40,44-48H2,1-9H3,(H2,91,114)(H2,92,115)(H,94,99)(H,98,120)(H,100,117)(H,101,116)(H,102,125)(H,103,126)(H,104,119)(H,105,123)(H,106,124)(H,107,122)(H,108,121)(H3,93,95,131)/t51?,52-,61+,62+,63+,64+,65+,66+,67-,68+,69+,70+,71+,72+/m1/s1. The molecular weight excluding hydrogens is 1730 g/mol. The van der Waals surface area contributed by atoms with E-state index in [0.717, 1.165) is 31.4 Å². The summed E-state index contributed by atoms with van der Waals surface area (Å²) in [6.07, 6.45) is 5.87. The van der Waals surface area contributed by atoms with Crippen molar-refractivity contribution in [2.45, 2.75) is 217 Å². The Bertz CT molecular complexity index is 5050. The van der Waals surface area contributed by atoms with Gasteiger partial charge in [0.15, 0.2) is 5.78 Å². The second-order valence-electron chi connectivity index (χ2n) is 34.0. The van der Waals surface area contributed by atoms with Gasteiger partial charge in [-0.05, 0) is 86.1 Å². The van der Waals surface area contributed by atoms with Crippen molar-refractivity contribution >= 4 is 140 Å². The van der Waals surface area contributed by atoms with E-state index in [0.29, 0.717) is 69.9 Å². The highest BCUT2D eigenvalue weighted by Crippen LogP contribution is 2.27. The number of fused-ring (bicyclic) bond motifs is 3. The first-order chi connectivity index (χ1) is 62.9. The van der Waals surface area contributed by atoms with Gasteiger partial charge in [0.05, 0.1) is 44.2 Å². The Morgan fingerprint density at radius 3 is 1.68 bits per heavy atom. The van der Waals surface area contributed by atoms with Gasteiger partial charge in [-0.15, -0.1) is 11.8 Å². The summed E-state index contributed by atoms with van der Waals surface area (Å²) in [5, 5.41) is 41.4. The van der Waals surface area contributed by atoms with Crippen molar-refractivity contribution in [1.29, 1.82) is 0 Å². The van der Waals surface area contributed by atoms with Crippen molar-refractivity contribution in [1.82, 2.24) is 98.0 Å². The van der Waals surface area contributed by atoms with Gasteiger partial charge < -0.3 is 115 Å². The third kappa shape index (κ3) is 30.1. The summed E-state index contributed by atoms with van der Waals surface area (Å²) < 4.78 is 0. The number of Topliss-reactive ketones (excluding diaryl/α,β-unsaturated/α-hetero) is 1. The average Bonchev–Trinajstić information content (AvgIpc) is 1.48. The van der Waals surface area contributed by atoms with Crippen LogP contribution in [-0.2, 0) is 107 Å². The summed E-state index contributed by atoms with van der Waals surface area (Å²) in [6.45, 7) is 7.27. The van der Waals surface area contributed by atoms with Crippen molar-refractivity contribution in [3.8, 4) is 0 Å². The summed E-state index contributed by atoms with van der Waals surface area (Å²) in [6, 6.07) is 3.50. The molecule has 42 heteroatoms. The monoisotopic (exact) mass is 1850 g/mol. The summed E-state index contributed by atoms with van der Waals surface area (Å²) >= 11 is 0.795. The number of nitrogens with one attached hydrogen (secondary N) is 14. The number of carbonyl (C=O) groups is 18. The quantitative estimate of drug-likeness (QED) is 0.0291. The molecule has 0 bridgehead atoms. The van der Waals surface area contributed by atoms with Gasteiger partial charge in [0.1, 0.15) is 66.5 Å². The lowest BCUT2D eigenvalue weighted by Gasteiger charge is -2.36. The maximum atomic E-state index is 15.7. The van der Waals surface area contributed by atoms with E-state index in [1.165, 1.54) is 47.5 Å². The number of para-hydroxylation sites is 2. The number of amides is 18. The maximum Gasteiger partial charge on any atom is 0.312 e. The first-order valence-electron chi connectivity index (χ1n) is 44.4. The maximum absolute atomic E-state index is 15.7. The molecule has 1 unspecified atom stereocenters. The van der Waals surface area contributed by atoms with Crippen LogP contribution in [-0.4, -0.2) is 289 Å². The van der Waals surface area contributed by atoms with Gasteiger partial charge in [0, 0.05) is 117 Å². The average molecular weight is 1850 g/mol. The normalized spacial score (nSPS) is 24.1. The van der Waals surface area contributed by atoms with Gasteiger partial charge in [-0.3, -0.25) is 81.5 Å². The molecule has 0 spiro atoms. The smallest absolute Gasteiger partial charge is 0.312 e. The van der Waals surface area contributed by atoms with Crippen LogP contribution in [0.25, 0.3) is 21.8 Å². The number of H-pyrrole nitrogens is 3. The number of urea groups is 1. The number of imidazole rings is 1. The lowest BCUT2D eigenvalue weighted by Crippen LogP contribution is -2.61. The summed E-state index contributed by atoms with van der Waals surface area (Å²) in [7, 11) is 3.98. The molecule has 2 fully saturated rings. The molecule has 0 radical (unpaired) electrons. The van der Waals surface area contributed by atoms with Crippen LogP contribution in [0.15, 0.2) is 104 Å². The second-order valence-corrected chi connectivity index (χ2v) is 35.0. The van der Waals surface area contributed by atoms with E-state index in [1.54, 1.807) is 105 Å². The number of aliphatic hydroxyl groups is 1. The van der Waals surface area contributed by atoms with E-state index < -0.39 is 228 Å². The van der Waals surface area contributed by atoms with Crippen molar-refractivity contribution in [3.05, 3.63) is 126 Å². The van der Waals surface area contributed by atoms with Crippen LogP contribution in [0, 0.1) is 17.8 Å². The Morgan fingerprint density at radius 2 is 1.08 bits per heavy atom. The molecule has 18 amide bonds. The van der Waals surface area contributed by atoms with Crippen molar-refractivity contribution in [2.75, 3.05) is 65.4 Å². The molecule has 132 heavy (non-hydrogen) atoms. The molecule has 716 valence electrons. The molecule has 3 aromatic heterocycles. The van der Waals surface area contributed by atoms with Gasteiger partial charge in [0.25, 0.3) is 0 Å². The minimum absolute atomic E-state index is 0.00157. The molecule has 2 aliphatic heterocycles. The molecule has 0 saturated carbocycles. The number of primary amides is 3. The van der Waals surface area contributed by atoms with Crippen LogP contribution < -0.4 is 75.7 Å². The molecule has 3 aromatic carbocycles. The summed E-state index contributed by atoms with van der Waals surface area (Å²) in [5.41, 5.74) is 19.8. The molecule has 2 saturated heterocycles. The van der Waals surface area contributed by atoms with Gasteiger partial charge in [-0.25, -0.2) is 9.78 Å². The lowest BCUT2D eigenvalue weighted by molar-refractivity contribution is -0.149. The van der Waals surface area contributed by atoms with Crippen molar-refractivity contribution in [3.63, 3.8) is 0 Å². The number of hydrogen-bond acceptors (Lipinski definition) is 21. The molecular formula is C90H126N22O19S. The van der Waals surface area contributed by atoms with Crippen LogP contribution in [0.4, 0.5) is 4.79 Å². The first-order valence-corrected chi connectivity index (χ1v) is 45.6. The molecule has 41 nitrogen and oxygen atoms in total. The molecule has 5 heterocycles. The van der Waals surface area contributed by atoms with Gasteiger partial charge >= 0.3 is 6.03 Å². The fourth-order valence-corrected chi connectivity index (χ4v) is 16.9. The number of thioether (sulfide) groups is 1. The number of carbonyl (C=O) groups excluding carboxylic acids is 18. The highest BCUT2D eigenvalue weighted by molar-refractivity contribution is 8.00. The number of aromatic amines is 3. The minimum atomic E-state index is -1.85. The number of rotatable bonds is 26. The molecule has 2 aliphatic rings. The van der Waals surface area contributed by atoms with Crippen molar-refractivity contribution < 1.29 is 91.4 Å². The zero-order chi connectivity index (χ0) is 96.6. The first kappa shape index (κ1) is 104. The number of aromatic nitrogens is 4. The van der Waals surface area contributed by atoms with Gasteiger partial charge in [-0.1, -0.05) is 134 Å².